The number of aliphatic hydroxyl groups excluding tert-OH is 1. The van der Waals surface area contributed by atoms with E-state index >= 15 is 0 Å². The number of hydrogen-bond donors (Lipinski definition) is 2. The molecule has 5 fully saturated rings. The summed E-state index contributed by atoms with van der Waals surface area (Å²) in [6.45, 7) is 22.2. The quantitative estimate of drug-likeness (QED) is 0.0421. The van der Waals surface area contributed by atoms with Crippen molar-refractivity contribution in [2.24, 2.45) is 56.7 Å². The number of nitrogens with zero attached hydrogens (tertiary/aromatic N) is 1. The van der Waals surface area contributed by atoms with E-state index in [1.807, 2.05) is 19.9 Å². The van der Waals surface area contributed by atoms with Crippen molar-refractivity contribution in [3.63, 3.8) is 0 Å². The summed E-state index contributed by atoms with van der Waals surface area (Å²) in [6, 6.07) is 6.98. The van der Waals surface area contributed by atoms with Crippen LogP contribution in [0.1, 0.15) is 136 Å². The first-order valence-electron chi connectivity index (χ1n) is 25.3. The Morgan fingerprint density at radius 2 is 1.43 bits per heavy atom. The minimum absolute atomic E-state index is 0.00339. The molecule has 5 aliphatic carbocycles. The minimum atomic E-state index is -0.799. The number of carbonyl (C=O) groups excluding carboxylic acids is 3. The van der Waals surface area contributed by atoms with E-state index in [0.29, 0.717) is 29.2 Å². The lowest BCUT2D eigenvalue weighted by Gasteiger charge is -2.72. The first-order chi connectivity index (χ1) is 32.3. The highest BCUT2D eigenvalue weighted by molar-refractivity contribution is 5.93. The number of carboxylic acid groups (broad SMARTS) is 1. The number of esters is 3. The van der Waals surface area contributed by atoms with Crippen LogP contribution in [0.2, 0.25) is 0 Å². The van der Waals surface area contributed by atoms with Crippen molar-refractivity contribution < 1.29 is 57.5 Å². The molecule has 0 unspecified atom stereocenters. The number of carboxylic acids is 1. The molecule has 0 bridgehead atoms. The van der Waals surface area contributed by atoms with E-state index in [1.165, 1.54) is 6.07 Å². The normalized spacial score (nSPS) is 33.9. The van der Waals surface area contributed by atoms with Crippen molar-refractivity contribution in [1.29, 1.82) is 0 Å². The van der Waals surface area contributed by atoms with Crippen LogP contribution in [0.3, 0.4) is 0 Å². The summed E-state index contributed by atoms with van der Waals surface area (Å²) >= 11 is 0. The Balaban J connectivity index is 0.803. The molecule has 1 heterocycles. The highest BCUT2D eigenvalue weighted by Gasteiger charge is 2.72. The highest BCUT2D eigenvalue weighted by Crippen LogP contribution is 2.77. The zero-order valence-corrected chi connectivity index (χ0v) is 41.7. The number of ether oxygens (including phenoxy) is 5. The molecule has 14 nitrogen and oxygen atoms in total. The van der Waals surface area contributed by atoms with E-state index in [-0.39, 0.29) is 98.7 Å². The first kappa shape index (κ1) is 51.6. The van der Waals surface area contributed by atoms with Crippen LogP contribution in [0.25, 0.3) is 11.0 Å². The predicted octanol–water partition coefficient (Wildman–Crippen LogP) is 8.78. The molecule has 68 heavy (non-hydrogen) atoms. The largest absolute Gasteiger partial charge is 0.481 e. The van der Waals surface area contributed by atoms with Gasteiger partial charge in [-0.3, -0.25) is 14.4 Å². The van der Waals surface area contributed by atoms with Crippen LogP contribution in [0.5, 0.6) is 0 Å². The Morgan fingerprint density at radius 3 is 2.09 bits per heavy atom. The van der Waals surface area contributed by atoms with Gasteiger partial charge in [-0.15, -0.1) is 0 Å². The van der Waals surface area contributed by atoms with Gasteiger partial charge in [0.2, 0.25) is 0 Å². The van der Waals surface area contributed by atoms with E-state index in [9.17, 15) is 34.2 Å². The summed E-state index contributed by atoms with van der Waals surface area (Å²) in [5, 5.41) is 23.0. The van der Waals surface area contributed by atoms with Crippen LogP contribution in [0, 0.1) is 56.7 Å². The van der Waals surface area contributed by atoms with Gasteiger partial charge in [0.05, 0.1) is 57.4 Å². The zero-order chi connectivity index (χ0) is 49.2. The van der Waals surface area contributed by atoms with Gasteiger partial charge in [0, 0.05) is 35.6 Å². The summed E-state index contributed by atoms with van der Waals surface area (Å²) < 4.78 is 32.8. The maximum absolute atomic E-state index is 13.1. The number of aliphatic hydroxyl groups is 1. The fourth-order valence-electron chi connectivity index (χ4n) is 14.9. The van der Waals surface area contributed by atoms with Gasteiger partial charge in [-0.1, -0.05) is 39.8 Å². The van der Waals surface area contributed by atoms with Crippen molar-refractivity contribution >= 4 is 40.5 Å². The van der Waals surface area contributed by atoms with Gasteiger partial charge in [0.1, 0.15) is 24.4 Å². The monoisotopic (exact) mass is 948 g/mol. The van der Waals surface area contributed by atoms with Gasteiger partial charge >= 0.3 is 29.5 Å². The Bertz CT molecular complexity index is 2250. The Labute approximate surface area is 401 Å². The second-order valence-electron chi connectivity index (χ2n) is 21.8. The average Bonchev–Trinajstić information content (AvgIpc) is 3.72. The molecule has 11 atom stereocenters. The topological polar surface area (TPSA) is 188 Å². The van der Waals surface area contributed by atoms with E-state index in [4.69, 9.17) is 28.1 Å². The molecule has 376 valence electrons. The number of anilines is 1. The van der Waals surface area contributed by atoms with Gasteiger partial charge in [-0.2, -0.15) is 0 Å². The summed E-state index contributed by atoms with van der Waals surface area (Å²) in [5.41, 5.74) is 0.0649. The molecule has 0 saturated heterocycles. The van der Waals surface area contributed by atoms with Crippen LogP contribution < -0.4 is 10.5 Å². The van der Waals surface area contributed by atoms with Crippen molar-refractivity contribution in [2.75, 3.05) is 64.2 Å². The van der Waals surface area contributed by atoms with Gasteiger partial charge < -0.3 is 43.2 Å². The molecule has 2 aromatic rings. The third kappa shape index (κ3) is 9.39. The second-order valence-corrected chi connectivity index (χ2v) is 21.8. The molecule has 14 heteroatoms. The molecule has 0 spiro atoms. The molecule has 0 aliphatic heterocycles. The smallest absolute Gasteiger partial charge is 0.351 e. The molecule has 7 rings (SSSR count). The summed E-state index contributed by atoms with van der Waals surface area (Å²) in [7, 11) is 0. The highest BCUT2D eigenvalue weighted by atomic mass is 16.6. The number of aliphatic carboxylic acids is 1. The fourth-order valence-corrected chi connectivity index (χ4v) is 14.9. The van der Waals surface area contributed by atoms with E-state index in [0.717, 1.165) is 82.1 Å². The maximum atomic E-state index is 13.1. The third-order valence-electron chi connectivity index (χ3n) is 18.7. The van der Waals surface area contributed by atoms with Crippen LogP contribution >= 0.6 is 0 Å². The molecule has 5 saturated carbocycles. The molecule has 0 amide bonds. The number of benzene rings is 1. The Morgan fingerprint density at radius 1 is 0.765 bits per heavy atom. The molecular weight excluding hydrogens is 871 g/mol. The van der Waals surface area contributed by atoms with E-state index < -0.39 is 46.4 Å². The third-order valence-corrected chi connectivity index (χ3v) is 18.7. The lowest BCUT2D eigenvalue weighted by molar-refractivity contribution is -0.255. The molecule has 1 aromatic carbocycles. The Hall–Kier alpha value is -4.27. The lowest BCUT2D eigenvalue weighted by atomic mass is 9.32. The van der Waals surface area contributed by atoms with Crippen LogP contribution in [-0.2, 0) is 38.1 Å². The van der Waals surface area contributed by atoms with Gasteiger partial charge in [0.25, 0.3) is 0 Å². The summed E-state index contributed by atoms with van der Waals surface area (Å²) in [4.78, 5) is 65.9. The molecule has 2 N–H and O–H groups in total. The molecule has 0 radical (unpaired) electrons. The number of fused-ring (bicyclic) bond motifs is 8. The standard InChI is InChI=1S/C54H77NO13/c1-9-55(10-2)36-12-11-35-31-38(48(60)68-40(35)32-36)47(59)66-30-28-64-26-25-63-27-29-65-44(57)15-16-45(58)67-33-51(6)41-18-21-53(8)42(50(41,5)20-19-43(51)56)14-13-39-46-37(34(3)4)17-22-54(46,49(61)62)24-23-52(39,53)7/h11-12,31-32,37,39,41-43,46,56H,3,9-10,13-30,33H2,1-2,4-8H3,(H,61,62)/t37-,39+,41+,42+,43-,46+,50-,51-,52+,53+,54-/m0/s1. The maximum Gasteiger partial charge on any atom is 0.351 e. The SMILES string of the molecule is C=C(C)[C@@H]1CC[C@]2(C(=O)O)CC[C@]3(C)[C@H](CC[C@@H]4[C@@]5(C)CC[C@H](O)[C@@](C)(COC(=O)CCC(=O)OCCOCCOCCOC(=O)c6cc7ccc(N(CC)CC)cc7oc6=O)[C@@H]5CC[C@]43C)[C@@H]12. The number of rotatable bonds is 20. The van der Waals surface area contributed by atoms with Crippen LogP contribution in [-0.4, -0.2) is 99.5 Å². The second kappa shape index (κ2) is 20.6. The zero-order valence-electron chi connectivity index (χ0n) is 41.7. The van der Waals surface area contributed by atoms with Crippen molar-refractivity contribution in [3.05, 3.63) is 52.4 Å². The van der Waals surface area contributed by atoms with Gasteiger partial charge in [0.15, 0.2) is 0 Å². The van der Waals surface area contributed by atoms with E-state index in [2.05, 4.69) is 46.1 Å². The minimum Gasteiger partial charge on any atom is -0.481 e. The van der Waals surface area contributed by atoms with Gasteiger partial charge in [-0.05, 0) is 149 Å². The van der Waals surface area contributed by atoms with Crippen LogP contribution in [0.15, 0.2) is 45.6 Å². The van der Waals surface area contributed by atoms with Crippen molar-refractivity contribution in [3.8, 4) is 0 Å². The molecule has 1 aromatic heterocycles. The predicted molar refractivity (Wildman–Crippen MR) is 256 cm³/mol. The first-order valence-corrected chi connectivity index (χ1v) is 25.3. The molecule has 5 aliphatic rings. The number of carbonyl (C=O) groups is 4. The Kier molecular flexibility index (Phi) is 15.6. The summed E-state index contributed by atoms with van der Waals surface area (Å²) in [6.07, 6.45) is 7.81. The van der Waals surface area contributed by atoms with Gasteiger partial charge in [-0.25, -0.2) is 9.59 Å². The lowest BCUT2D eigenvalue weighted by Crippen LogP contribution is -2.67. The number of hydrogen-bond acceptors (Lipinski definition) is 13. The molecular formula is C54H77NO13. The van der Waals surface area contributed by atoms with Crippen LogP contribution in [0.4, 0.5) is 5.69 Å². The van der Waals surface area contributed by atoms with Crippen molar-refractivity contribution in [1.82, 2.24) is 0 Å². The van der Waals surface area contributed by atoms with Crippen molar-refractivity contribution in [2.45, 2.75) is 132 Å². The summed E-state index contributed by atoms with van der Waals surface area (Å²) in [5.74, 6) is -1.28. The van der Waals surface area contributed by atoms with E-state index in [1.54, 1.807) is 12.1 Å². The number of allylic oxidation sites excluding steroid dienone is 1. The fraction of sp³-hybridized carbons (Fsp3) is 0.722. The average molecular weight is 948 g/mol.